The summed E-state index contributed by atoms with van der Waals surface area (Å²) in [6, 6.07) is 6.54. The van der Waals surface area contributed by atoms with Gasteiger partial charge in [0.2, 0.25) is 5.95 Å². The van der Waals surface area contributed by atoms with Crippen LogP contribution in [-0.4, -0.2) is 15.6 Å². The van der Waals surface area contributed by atoms with Gasteiger partial charge in [-0.2, -0.15) is 0 Å². The van der Waals surface area contributed by atoms with Gasteiger partial charge < -0.3 is 5.32 Å². The number of hydrogen-bond acceptors (Lipinski definition) is 2. The fourth-order valence-corrected chi connectivity index (χ4v) is 2.08. The number of hydrogen-bond donors (Lipinski definition) is 1. The Balaban J connectivity index is 2.46. The quantitative estimate of drug-likeness (QED) is 0.934. The highest BCUT2D eigenvalue weighted by Crippen LogP contribution is 2.24. The molecule has 0 saturated carbocycles. The highest BCUT2D eigenvalue weighted by atomic mass is 79.9. The molecule has 3 nitrogen and oxygen atoms in total. The molecule has 1 aromatic heterocycles. The van der Waals surface area contributed by atoms with Crippen LogP contribution < -0.4 is 5.32 Å². The third-order valence-electron chi connectivity index (χ3n) is 2.56. The molecule has 1 aromatic carbocycles. The van der Waals surface area contributed by atoms with Gasteiger partial charge in [-0.05, 0) is 38.5 Å². The largest absolute Gasteiger partial charge is 0.353 e. The van der Waals surface area contributed by atoms with E-state index in [1.54, 1.807) is 0 Å². The van der Waals surface area contributed by atoms with Crippen molar-refractivity contribution in [3.63, 3.8) is 0 Å². The van der Waals surface area contributed by atoms with Gasteiger partial charge in [0, 0.05) is 22.9 Å². The maximum atomic E-state index is 4.34. The summed E-state index contributed by atoms with van der Waals surface area (Å²) in [5.41, 5.74) is 2.34. The Hall–Kier alpha value is -1.29. The van der Waals surface area contributed by atoms with Gasteiger partial charge in [-0.25, -0.2) is 4.98 Å². The van der Waals surface area contributed by atoms with Crippen molar-refractivity contribution in [1.82, 2.24) is 9.55 Å². The minimum Gasteiger partial charge on any atom is -0.353 e. The lowest BCUT2D eigenvalue weighted by Crippen LogP contribution is -2.14. The van der Waals surface area contributed by atoms with Gasteiger partial charge in [-0.1, -0.05) is 22.0 Å². The normalized spacial score (nSPS) is 10.9. The summed E-state index contributed by atoms with van der Waals surface area (Å²) >= 11 is 3.55. The van der Waals surface area contributed by atoms with E-state index in [1.807, 2.05) is 24.5 Å². The van der Waals surface area contributed by atoms with Gasteiger partial charge in [0.1, 0.15) is 0 Å². The molecule has 90 valence electrons. The number of benzene rings is 1. The van der Waals surface area contributed by atoms with Crippen LogP contribution in [0.15, 0.2) is 35.1 Å². The van der Waals surface area contributed by atoms with Crippen molar-refractivity contribution in [1.29, 1.82) is 0 Å². The Morgan fingerprint density at radius 3 is 2.82 bits per heavy atom. The second-order valence-corrected chi connectivity index (χ2v) is 5.16. The van der Waals surface area contributed by atoms with Crippen molar-refractivity contribution in [2.45, 2.75) is 26.8 Å². The van der Waals surface area contributed by atoms with E-state index in [1.165, 1.54) is 5.56 Å². The second kappa shape index (κ2) is 4.92. The molecule has 1 heterocycles. The fraction of sp³-hybridized carbons (Fsp3) is 0.308. The first kappa shape index (κ1) is 12.2. The van der Waals surface area contributed by atoms with E-state index in [0.29, 0.717) is 6.04 Å². The molecule has 1 N–H and O–H groups in total. The Bertz CT molecular complexity index is 517. The maximum absolute atomic E-state index is 4.34. The molecule has 2 rings (SSSR count). The fourth-order valence-electron chi connectivity index (χ4n) is 1.72. The highest BCUT2D eigenvalue weighted by molar-refractivity contribution is 9.10. The predicted octanol–water partition coefficient (Wildman–Crippen LogP) is 3.76. The Morgan fingerprint density at radius 2 is 2.12 bits per heavy atom. The first-order chi connectivity index (χ1) is 8.09. The lowest BCUT2D eigenvalue weighted by Gasteiger charge is -2.14. The molecular weight excluding hydrogens is 278 g/mol. The number of rotatable bonds is 3. The average molecular weight is 294 g/mol. The first-order valence-electron chi connectivity index (χ1n) is 5.65. The summed E-state index contributed by atoms with van der Waals surface area (Å²) in [6.07, 6.45) is 3.78. The van der Waals surface area contributed by atoms with Crippen LogP contribution in [0.2, 0.25) is 0 Å². The molecule has 0 fully saturated rings. The molecule has 0 spiro atoms. The smallest absolute Gasteiger partial charge is 0.207 e. The zero-order valence-corrected chi connectivity index (χ0v) is 11.8. The van der Waals surface area contributed by atoms with Gasteiger partial charge in [-0.15, -0.1) is 0 Å². The molecule has 0 bridgehead atoms. The van der Waals surface area contributed by atoms with Gasteiger partial charge in [0.15, 0.2) is 0 Å². The lowest BCUT2D eigenvalue weighted by atomic mass is 10.2. The monoisotopic (exact) mass is 293 g/mol. The molecule has 4 heteroatoms. The van der Waals surface area contributed by atoms with E-state index >= 15 is 0 Å². The van der Waals surface area contributed by atoms with Crippen LogP contribution in [0, 0.1) is 6.92 Å². The molecule has 0 aliphatic heterocycles. The Morgan fingerprint density at radius 1 is 1.35 bits per heavy atom. The van der Waals surface area contributed by atoms with Crippen LogP contribution in [0.5, 0.6) is 0 Å². The topological polar surface area (TPSA) is 29.9 Å². The zero-order valence-electron chi connectivity index (χ0n) is 10.2. The molecule has 2 aromatic rings. The summed E-state index contributed by atoms with van der Waals surface area (Å²) in [5.74, 6) is 0.876. The van der Waals surface area contributed by atoms with Crippen molar-refractivity contribution in [3.8, 4) is 5.69 Å². The van der Waals surface area contributed by atoms with Gasteiger partial charge >= 0.3 is 0 Å². The molecule has 17 heavy (non-hydrogen) atoms. The first-order valence-corrected chi connectivity index (χ1v) is 6.44. The molecule has 0 saturated heterocycles. The van der Waals surface area contributed by atoms with E-state index in [-0.39, 0.29) is 0 Å². The van der Waals surface area contributed by atoms with E-state index in [2.05, 4.69) is 57.6 Å². The third kappa shape index (κ3) is 2.52. The molecule has 0 unspecified atom stereocenters. The van der Waals surface area contributed by atoms with E-state index in [0.717, 1.165) is 16.1 Å². The number of aromatic nitrogens is 2. The van der Waals surface area contributed by atoms with Gasteiger partial charge in [0.25, 0.3) is 0 Å². The summed E-state index contributed by atoms with van der Waals surface area (Å²) in [4.78, 5) is 4.34. The highest BCUT2D eigenvalue weighted by Gasteiger charge is 2.09. The molecule has 0 amide bonds. The van der Waals surface area contributed by atoms with Crippen molar-refractivity contribution < 1.29 is 0 Å². The number of halogens is 1. The van der Waals surface area contributed by atoms with Gasteiger partial charge in [-0.3, -0.25) is 4.57 Å². The van der Waals surface area contributed by atoms with Crippen molar-refractivity contribution >= 4 is 21.9 Å². The van der Waals surface area contributed by atoms with Crippen LogP contribution in [0.1, 0.15) is 19.4 Å². The lowest BCUT2D eigenvalue weighted by molar-refractivity contribution is 0.862. The van der Waals surface area contributed by atoms with Crippen LogP contribution in [-0.2, 0) is 0 Å². The van der Waals surface area contributed by atoms with Gasteiger partial charge in [0.05, 0.1) is 5.69 Å². The summed E-state index contributed by atoms with van der Waals surface area (Å²) in [5, 5.41) is 3.34. The summed E-state index contributed by atoms with van der Waals surface area (Å²) < 4.78 is 3.18. The number of imidazole rings is 1. The molecule has 0 radical (unpaired) electrons. The van der Waals surface area contributed by atoms with E-state index < -0.39 is 0 Å². The van der Waals surface area contributed by atoms with E-state index in [9.17, 15) is 0 Å². The minimum absolute atomic E-state index is 0.364. The van der Waals surface area contributed by atoms with Crippen molar-refractivity contribution in [2.24, 2.45) is 0 Å². The van der Waals surface area contributed by atoms with Crippen LogP contribution >= 0.6 is 15.9 Å². The van der Waals surface area contributed by atoms with Crippen LogP contribution in [0.25, 0.3) is 5.69 Å². The molecule has 0 aliphatic carbocycles. The maximum Gasteiger partial charge on any atom is 0.207 e. The molecular formula is C13H16BrN3. The number of nitrogens with zero attached hydrogens (tertiary/aromatic N) is 2. The van der Waals surface area contributed by atoms with Crippen molar-refractivity contribution in [3.05, 3.63) is 40.6 Å². The predicted molar refractivity (Wildman–Crippen MR) is 74.8 cm³/mol. The van der Waals surface area contributed by atoms with Crippen molar-refractivity contribution in [2.75, 3.05) is 5.32 Å². The SMILES string of the molecule is Cc1c(Br)cccc1-n1ccnc1NC(C)C. The summed E-state index contributed by atoms with van der Waals surface area (Å²) in [7, 11) is 0. The Labute approximate surface area is 110 Å². The van der Waals surface area contributed by atoms with Crippen LogP contribution in [0.4, 0.5) is 5.95 Å². The third-order valence-corrected chi connectivity index (χ3v) is 3.42. The Kier molecular flexibility index (Phi) is 3.52. The van der Waals surface area contributed by atoms with E-state index in [4.69, 9.17) is 0 Å². The number of nitrogens with one attached hydrogen (secondary N) is 1. The minimum atomic E-state index is 0.364. The molecule has 0 aliphatic rings. The average Bonchev–Trinajstić information content (AvgIpc) is 2.69. The summed E-state index contributed by atoms with van der Waals surface area (Å²) in [6.45, 7) is 6.30. The van der Waals surface area contributed by atoms with Crippen LogP contribution in [0.3, 0.4) is 0 Å². The molecule has 0 atom stereocenters. The zero-order chi connectivity index (χ0) is 12.4. The number of anilines is 1. The standard InChI is InChI=1S/C13H16BrN3/c1-9(2)16-13-15-7-8-17(13)12-6-4-5-11(14)10(12)3/h4-9H,1-3H3,(H,15,16). The second-order valence-electron chi connectivity index (χ2n) is 4.30.